The Labute approximate surface area is 671 Å². The fourth-order valence-corrected chi connectivity index (χ4v) is 19.6. The SMILES string of the molecule is C/C=C\CP(C/C=C\C)c1ccccc1C.CCCC1CCC(c2ccc(-c3ccc4c(-c5c(O)ccc6cc(-c7ccc(C8CCC(CCC)CC8)cc7)ccc56)c(O)ccc4c3)cc2)CC1.CCCc1ccc(-c2ccc(O[B]O)cc2)cc1.Oc1ccc2cc(Br)ccc2c1-c1c(O)ccc2cc(Br)ccc12. The van der Waals surface area contributed by atoms with Gasteiger partial charge in [0.2, 0.25) is 0 Å². The highest BCUT2D eigenvalue weighted by Gasteiger charge is 2.25. The van der Waals surface area contributed by atoms with E-state index in [4.69, 9.17) is 9.68 Å². The number of benzene rings is 13. The molecule has 5 N–H and O–H groups in total. The van der Waals surface area contributed by atoms with Crippen LogP contribution in [0.4, 0.5) is 0 Å². The number of hydrogen-bond donors (Lipinski definition) is 5. The van der Waals surface area contributed by atoms with E-state index in [1.54, 1.807) is 29.6 Å². The first-order chi connectivity index (χ1) is 53.6. The van der Waals surface area contributed by atoms with Gasteiger partial charge in [-0.05, 0) is 291 Å². The van der Waals surface area contributed by atoms with E-state index in [2.05, 4.69) is 231 Å². The third kappa shape index (κ3) is 19.9. The highest BCUT2D eigenvalue weighted by atomic mass is 79.9. The molecule has 13 aromatic carbocycles. The van der Waals surface area contributed by atoms with Gasteiger partial charge in [0.15, 0.2) is 0 Å². The molecule has 2 aliphatic carbocycles. The topological polar surface area (TPSA) is 110 Å². The van der Waals surface area contributed by atoms with Crippen LogP contribution < -0.4 is 9.96 Å². The molecule has 0 atom stereocenters. The van der Waals surface area contributed by atoms with Gasteiger partial charge in [-0.25, -0.2) is 0 Å². The van der Waals surface area contributed by atoms with Gasteiger partial charge in [-0.15, -0.1) is 0 Å². The number of aryl methyl sites for hydroxylation is 2. The lowest BCUT2D eigenvalue weighted by Gasteiger charge is -2.28. The number of aromatic hydroxyl groups is 4. The van der Waals surface area contributed by atoms with E-state index in [0.29, 0.717) is 47.5 Å². The normalized spacial score (nSPS) is 15.7. The van der Waals surface area contributed by atoms with Gasteiger partial charge in [-0.2, -0.15) is 0 Å². The van der Waals surface area contributed by atoms with Crippen molar-refractivity contribution in [1.82, 2.24) is 0 Å². The van der Waals surface area contributed by atoms with Crippen molar-refractivity contribution in [3.05, 3.63) is 298 Å². The Morgan fingerprint density at radius 2 is 0.755 bits per heavy atom. The minimum absolute atomic E-state index is 0.0620. The Hall–Kier alpha value is -9.21. The largest absolute Gasteiger partial charge is 0.569 e. The maximum atomic E-state index is 11.3. The maximum Gasteiger partial charge on any atom is 0.569 e. The summed E-state index contributed by atoms with van der Waals surface area (Å²) in [6.07, 6.45) is 29.6. The molecule has 2 saturated carbocycles. The summed E-state index contributed by atoms with van der Waals surface area (Å²) in [5, 5.41) is 61.5. The molecular formula is C100H103BBr2O6P. The van der Waals surface area contributed by atoms with Crippen molar-refractivity contribution < 1.29 is 30.1 Å². The summed E-state index contributed by atoms with van der Waals surface area (Å²) in [7, 11) is 0.627. The van der Waals surface area contributed by atoms with Gasteiger partial charge in [0.25, 0.3) is 0 Å². The lowest BCUT2D eigenvalue weighted by molar-refractivity contribution is 0.308. The molecule has 6 nitrogen and oxygen atoms in total. The number of hydrogen-bond acceptors (Lipinski definition) is 6. The molecule has 0 heterocycles. The van der Waals surface area contributed by atoms with Crippen molar-refractivity contribution in [3.8, 4) is 84.4 Å². The lowest BCUT2D eigenvalue weighted by Crippen LogP contribution is -2.13. The lowest BCUT2D eigenvalue weighted by atomic mass is 9.77. The summed E-state index contributed by atoms with van der Waals surface area (Å²) in [6.45, 7) is 13.2. The first kappa shape index (κ1) is 80.3. The third-order valence-electron chi connectivity index (χ3n) is 22.4. The van der Waals surface area contributed by atoms with Gasteiger partial charge in [0.1, 0.15) is 28.7 Å². The molecule has 110 heavy (non-hydrogen) atoms. The molecule has 0 spiro atoms. The molecular weight excluding hydrogens is 1500 g/mol. The predicted molar refractivity (Wildman–Crippen MR) is 477 cm³/mol. The van der Waals surface area contributed by atoms with Gasteiger partial charge in [0.05, 0.1) is 0 Å². The molecule has 13 aromatic rings. The Morgan fingerprint density at radius 1 is 0.400 bits per heavy atom. The maximum absolute atomic E-state index is 11.3. The van der Waals surface area contributed by atoms with Crippen LogP contribution in [0.3, 0.4) is 0 Å². The van der Waals surface area contributed by atoms with Crippen LogP contribution in [-0.4, -0.2) is 45.5 Å². The van der Waals surface area contributed by atoms with Crippen molar-refractivity contribution in [2.24, 2.45) is 11.8 Å². The number of halogens is 2. The predicted octanol–water partition coefficient (Wildman–Crippen LogP) is 28.6. The summed E-state index contributed by atoms with van der Waals surface area (Å²) in [4.78, 5) is 0. The first-order valence-corrected chi connectivity index (χ1v) is 42.9. The fraction of sp³-hybridized carbons (Fsp3) is 0.260. The van der Waals surface area contributed by atoms with Crippen LogP contribution in [0.25, 0.3) is 98.7 Å². The van der Waals surface area contributed by atoms with Crippen molar-refractivity contribution >= 4 is 95.9 Å². The number of allylic oxidation sites excluding steroid dienone is 4. The van der Waals surface area contributed by atoms with Gasteiger partial charge >= 0.3 is 7.69 Å². The molecule has 0 amide bonds. The number of phenols is 4. The molecule has 0 saturated heterocycles. The zero-order valence-corrected chi connectivity index (χ0v) is 68.5. The summed E-state index contributed by atoms with van der Waals surface area (Å²) in [6, 6.07) is 82.8. The van der Waals surface area contributed by atoms with Crippen LogP contribution in [0.15, 0.2) is 276 Å². The van der Waals surface area contributed by atoms with E-state index < -0.39 is 0 Å². The molecule has 0 bridgehead atoms. The Kier molecular flexibility index (Phi) is 28.6. The van der Waals surface area contributed by atoms with E-state index in [9.17, 15) is 20.4 Å². The van der Waals surface area contributed by atoms with Crippen molar-refractivity contribution in [2.75, 3.05) is 12.3 Å². The number of fused-ring (bicyclic) bond motifs is 4. The van der Waals surface area contributed by atoms with Crippen LogP contribution in [0.5, 0.6) is 28.7 Å². The Balaban J connectivity index is 0.000000159. The van der Waals surface area contributed by atoms with E-state index in [1.165, 1.54) is 135 Å². The van der Waals surface area contributed by atoms with E-state index >= 15 is 0 Å². The summed E-state index contributed by atoms with van der Waals surface area (Å²) in [5.41, 5.74) is 15.4. The van der Waals surface area contributed by atoms with Crippen molar-refractivity contribution in [1.29, 1.82) is 0 Å². The first-order valence-electron chi connectivity index (χ1n) is 39.6. The van der Waals surface area contributed by atoms with E-state index in [-0.39, 0.29) is 30.9 Å². The monoisotopic (exact) mass is 1600 g/mol. The van der Waals surface area contributed by atoms with Crippen LogP contribution in [-0.2, 0) is 6.42 Å². The molecule has 10 heteroatoms. The van der Waals surface area contributed by atoms with Crippen LogP contribution in [0.1, 0.15) is 152 Å². The second-order valence-electron chi connectivity index (χ2n) is 29.7. The van der Waals surface area contributed by atoms with Gasteiger partial charge in [-0.3, -0.25) is 0 Å². The zero-order valence-electron chi connectivity index (χ0n) is 64.5. The highest BCUT2D eigenvalue weighted by molar-refractivity contribution is 9.10. The third-order valence-corrected chi connectivity index (χ3v) is 25.9. The van der Waals surface area contributed by atoms with Crippen LogP contribution in [0, 0.1) is 18.8 Å². The van der Waals surface area contributed by atoms with Gasteiger partial charge < -0.3 is 30.1 Å². The van der Waals surface area contributed by atoms with Crippen LogP contribution >= 0.6 is 39.8 Å². The smallest absolute Gasteiger partial charge is 0.537 e. The molecule has 0 unspecified atom stereocenters. The fourth-order valence-electron chi connectivity index (χ4n) is 16.5. The van der Waals surface area contributed by atoms with Crippen molar-refractivity contribution in [3.63, 3.8) is 0 Å². The van der Waals surface area contributed by atoms with Crippen molar-refractivity contribution in [2.45, 2.75) is 143 Å². The molecule has 0 aliphatic heterocycles. The molecule has 2 fully saturated rings. The van der Waals surface area contributed by atoms with E-state index in [1.807, 2.05) is 84.9 Å². The standard InChI is InChI=1S/C50H54O2.C20H12Br2O2.C15H16BO2.C15H21P/c1-3-5-33-7-11-35(12-8-33)37-15-19-39(20-16-37)41-23-27-45-43(31-41)25-29-47(51)49(45)50-46-28-24-42(32-44(46)26-30-48(50)52)40-21-17-38(18-22-40)36-13-9-34(6-4-2)10-14-36;21-13-3-5-15-11(9-13)1-7-17(23)19(15)20-16-6-4-14(22)10-12(16)2-8-18(20)24;1-2-3-12-4-6-13(7-5-12)14-8-10-15(11-9-14)18-16-17;1-4-6-12-16(13-7-5-2)15-11-9-8-10-14(15)3/h15-36,51-52H,3-14H2,1-2H3;1-10,23-24H;4-11,17H,2-3H2,1H3;4-11H,12-13H2,1-3H3/b;;;6-4-,7-5-. The summed E-state index contributed by atoms with van der Waals surface area (Å²) >= 11 is 6.95. The molecule has 561 valence electrons. The van der Waals surface area contributed by atoms with Crippen LogP contribution in [0.2, 0.25) is 0 Å². The summed E-state index contributed by atoms with van der Waals surface area (Å²) in [5.74, 6) is 4.47. The van der Waals surface area contributed by atoms with E-state index in [0.717, 1.165) is 87.0 Å². The highest BCUT2D eigenvalue weighted by Crippen LogP contribution is 2.49. The molecule has 15 rings (SSSR count). The number of rotatable bonds is 20. The van der Waals surface area contributed by atoms with Gasteiger partial charge in [0, 0.05) is 31.2 Å². The zero-order chi connectivity index (χ0) is 77.0. The Morgan fingerprint density at radius 3 is 1.13 bits per heavy atom. The minimum atomic E-state index is -0.0620. The number of phenolic OH excluding ortho intramolecular Hbond substituents is 4. The molecule has 0 aromatic heterocycles. The molecule has 2 aliphatic rings. The Bertz CT molecular complexity index is 4960. The molecule has 1 radical (unpaired) electrons. The average molecular weight is 1600 g/mol. The average Bonchev–Trinajstić information content (AvgIpc) is 0.756. The summed E-state index contributed by atoms with van der Waals surface area (Å²) < 4.78 is 6.82. The minimum Gasteiger partial charge on any atom is -0.537 e. The quantitative estimate of drug-likeness (QED) is 0.0295. The van der Waals surface area contributed by atoms with Gasteiger partial charge in [-0.1, -0.05) is 287 Å². The second kappa shape index (κ2) is 39.1. The second-order valence-corrected chi connectivity index (χ2v) is 33.8.